The van der Waals surface area contributed by atoms with Gasteiger partial charge in [-0.2, -0.15) is 0 Å². The number of aromatic nitrogens is 2. The van der Waals surface area contributed by atoms with E-state index in [2.05, 4.69) is 35.8 Å². The summed E-state index contributed by atoms with van der Waals surface area (Å²) >= 11 is 0. The standard InChI is InChI=1S/C12H12N2/c1-2-14-9-8-13-12(14)10-11-6-4-3-5-7-11/h2-9H,1,10H2/p+1. The Hall–Kier alpha value is -1.83. The van der Waals surface area contributed by atoms with Crippen LogP contribution < -0.4 is 4.57 Å². The molecule has 0 atom stereocenters. The highest BCUT2D eigenvalue weighted by atomic mass is 15.0. The van der Waals surface area contributed by atoms with E-state index in [0.717, 1.165) is 12.2 Å². The van der Waals surface area contributed by atoms with Crippen molar-refractivity contribution in [3.8, 4) is 0 Å². The number of nitrogens with zero attached hydrogens (tertiary/aromatic N) is 1. The molecule has 0 radical (unpaired) electrons. The molecule has 0 aliphatic heterocycles. The van der Waals surface area contributed by atoms with Gasteiger partial charge in [0.15, 0.2) is 0 Å². The smallest absolute Gasteiger partial charge is 0.247 e. The fourth-order valence-corrected chi connectivity index (χ4v) is 1.48. The van der Waals surface area contributed by atoms with E-state index in [4.69, 9.17) is 0 Å². The molecular weight excluding hydrogens is 172 g/mol. The molecular formula is C12H13N2+. The van der Waals surface area contributed by atoms with Crippen LogP contribution in [0.2, 0.25) is 0 Å². The Bertz CT molecular complexity index is 415. The lowest BCUT2D eigenvalue weighted by molar-refractivity contribution is -0.574. The maximum absolute atomic E-state index is 3.75. The predicted octanol–water partition coefficient (Wildman–Crippen LogP) is 1.99. The van der Waals surface area contributed by atoms with Crippen molar-refractivity contribution in [2.75, 3.05) is 0 Å². The Morgan fingerprint density at radius 3 is 2.79 bits per heavy atom. The van der Waals surface area contributed by atoms with E-state index in [1.54, 1.807) is 6.20 Å². The molecule has 2 aromatic rings. The van der Waals surface area contributed by atoms with Gasteiger partial charge in [-0.25, -0.2) is 9.55 Å². The molecule has 1 aromatic carbocycles. The average molecular weight is 185 g/mol. The number of rotatable bonds is 3. The molecule has 2 nitrogen and oxygen atoms in total. The van der Waals surface area contributed by atoms with Gasteiger partial charge in [-0.05, 0) is 5.56 Å². The van der Waals surface area contributed by atoms with Crippen LogP contribution in [-0.4, -0.2) is 4.98 Å². The van der Waals surface area contributed by atoms with Crippen LogP contribution in [0.3, 0.4) is 0 Å². The van der Waals surface area contributed by atoms with Gasteiger partial charge in [-0.3, -0.25) is 0 Å². The van der Waals surface area contributed by atoms with Gasteiger partial charge in [-0.1, -0.05) is 36.9 Å². The van der Waals surface area contributed by atoms with E-state index in [9.17, 15) is 0 Å². The van der Waals surface area contributed by atoms with Crippen molar-refractivity contribution in [1.82, 2.24) is 4.98 Å². The lowest BCUT2D eigenvalue weighted by atomic mass is 10.1. The zero-order chi connectivity index (χ0) is 9.80. The van der Waals surface area contributed by atoms with Crippen LogP contribution >= 0.6 is 0 Å². The molecule has 0 fully saturated rings. The Balaban J connectivity index is 2.23. The second-order valence-corrected chi connectivity index (χ2v) is 3.16. The fraction of sp³-hybridized carbons (Fsp3) is 0.0833. The number of benzene rings is 1. The minimum absolute atomic E-state index is 0.903. The minimum atomic E-state index is 0.903. The van der Waals surface area contributed by atoms with Gasteiger partial charge >= 0.3 is 0 Å². The van der Waals surface area contributed by atoms with Gasteiger partial charge in [0, 0.05) is 0 Å². The summed E-state index contributed by atoms with van der Waals surface area (Å²) in [6, 6.07) is 10.4. The van der Waals surface area contributed by atoms with E-state index in [0.29, 0.717) is 0 Å². The molecule has 0 spiro atoms. The Morgan fingerprint density at radius 1 is 1.29 bits per heavy atom. The normalized spacial score (nSPS) is 10.0. The summed E-state index contributed by atoms with van der Waals surface area (Å²) in [7, 11) is 0. The molecule has 2 heteroatoms. The van der Waals surface area contributed by atoms with Crippen molar-refractivity contribution in [2.24, 2.45) is 0 Å². The molecule has 1 N–H and O–H groups in total. The van der Waals surface area contributed by atoms with Crippen molar-refractivity contribution in [3.63, 3.8) is 0 Å². The second-order valence-electron chi connectivity index (χ2n) is 3.16. The maximum atomic E-state index is 3.75. The number of nitrogens with one attached hydrogen (secondary N) is 1. The largest absolute Gasteiger partial charge is 0.263 e. The van der Waals surface area contributed by atoms with Gasteiger partial charge in [0.05, 0.1) is 12.6 Å². The van der Waals surface area contributed by atoms with Crippen LogP contribution in [0.15, 0.2) is 49.3 Å². The van der Waals surface area contributed by atoms with Gasteiger partial charge < -0.3 is 0 Å². The van der Waals surface area contributed by atoms with E-state index in [1.165, 1.54) is 5.56 Å². The van der Waals surface area contributed by atoms with Crippen LogP contribution in [0.25, 0.3) is 6.20 Å². The molecule has 70 valence electrons. The van der Waals surface area contributed by atoms with Crippen molar-refractivity contribution in [3.05, 3.63) is 60.7 Å². The summed E-state index contributed by atoms with van der Waals surface area (Å²) in [5.41, 5.74) is 1.30. The predicted molar refractivity (Wildman–Crippen MR) is 56.6 cm³/mol. The quantitative estimate of drug-likeness (QED) is 0.706. The summed E-state index contributed by atoms with van der Waals surface area (Å²) in [4.78, 5) is 3.20. The highest BCUT2D eigenvalue weighted by Gasteiger charge is 2.07. The number of aromatic amines is 1. The third kappa shape index (κ3) is 1.74. The first-order chi connectivity index (χ1) is 6.90. The molecule has 0 bridgehead atoms. The Labute approximate surface area is 83.5 Å². The van der Waals surface area contributed by atoms with Crippen LogP contribution in [0.4, 0.5) is 0 Å². The lowest BCUT2D eigenvalue weighted by Crippen LogP contribution is -2.28. The summed E-state index contributed by atoms with van der Waals surface area (Å²) in [6.07, 6.45) is 6.58. The zero-order valence-corrected chi connectivity index (χ0v) is 7.98. The third-order valence-corrected chi connectivity index (χ3v) is 2.21. The van der Waals surface area contributed by atoms with Gasteiger partial charge in [0.2, 0.25) is 0 Å². The minimum Gasteiger partial charge on any atom is -0.247 e. The van der Waals surface area contributed by atoms with Gasteiger partial charge in [0.25, 0.3) is 5.82 Å². The zero-order valence-electron chi connectivity index (χ0n) is 7.98. The Kier molecular flexibility index (Phi) is 2.45. The van der Waals surface area contributed by atoms with E-state index in [-0.39, 0.29) is 0 Å². The lowest BCUT2D eigenvalue weighted by Gasteiger charge is -1.95. The summed E-state index contributed by atoms with van der Waals surface area (Å²) in [5, 5.41) is 0. The van der Waals surface area contributed by atoms with Crippen molar-refractivity contribution in [1.29, 1.82) is 0 Å². The molecule has 1 aromatic heterocycles. The summed E-state index contributed by atoms with van der Waals surface area (Å²) in [5.74, 6) is 1.14. The van der Waals surface area contributed by atoms with Gasteiger partial charge in [0.1, 0.15) is 12.4 Å². The maximum Gasteiger partial charge on any atom is 0.263 e. The SMILES string of the molecule is C=C[n+]1cc[nH]c1Cc1ccccc1. The second kappa shape index (κ2) is 3.92. The molecule has 0 aliphatic carbocycles. The number of hydrogen-bond acceptors (Lipinski definition) is 0. The molecule has 14 heavy (non-hydrogen) atoms. The van der Waals surface area contributed by atoms with Crippen LogP contribution in [0.1, 0.15) is 11.4 Å². The molecule has 0 amide bonds. The molecule has 0 unspecified atom stereocenters. The van der Waals surface area contributed by atoms with Crippen LogP contribution in [0, 0.1) is 0 Å². The average Bonchev–Trinajstić information content (AvgIpc) is 2.67. The highest BCUT2D eigenvalue weighted by Crippen LogP contribution is 2.03. The molecule has 2 rings (SSSR count). The highest BCUT2D eigenvalue weighted by molar-refractivity contribution is 5.18. The van der Waals surface area contributed by atoms with Crippen molar-refractivity contribution < 1.29 is 4.57 Å². The summed E-state index contributed by atoms with van der Waals surface area (Å²) in [6.45, 7) is 3.75. The topological polar surface area (TPSA) is 19.7 Å². The molecule has 0 saturated heterocycles. The van der Waals surface area contributed by atoms with E-state index >= 15 is 0 Å². The van der Waals surface area contributed by atoms with E-state index in [1.807, 2.05) is 23.0 Å². The first-order valence-electron chi connectivity index (χ1n) is 4.64. The van der Waals surface area contributed by atoms with E-state index < -0.39 is 0 Å². The first kappa shape index (κ1) is 8.75. The van der Waals surface area contributed by atoms with Crippen molar-refractivity contribution >= 4 is 6.20 Å². The number of hydrogen-bond donors (Lipinski definition) is 1. The fourth-order valence-electron chi connectivity index (χ4n) is 1.48. The number of H-pyrrole nitrogens is 1. The third-order valence-electron chi connectivity index (χ3n) is 2.21. The first-order valence-corrected chi connectivity index (χ1v) is 4.64. The molecule has 1 heterocycles. The Morgan fingerprint density at radius 2 is 2.07 bits per heavy atom. The monoisotopic (exact) mass is 185 g/mol. The number of imidazole rings is 1. The van der Waals surface area contributed by atoms with Gasteiger partial charge in [-0.15, -0.1) is 0 Å². The van der Waals surface area contributed by atoms with Crippen LogP contribution in [0.5, 0.6) is 0 Å². The summed E-state index contributed by atoms with van der Waals surface area (Å²) < 4.78 is 1.99. The van der Waals surface area contributed by atoms with Crippen molar-refractivity contribution in [2.45, 2.75) is 6.42 Å². The molecule has 0 aliphatic rings. The van der Waals surface area contributed by atoms with Crippen LogP contribution in [-0.2, 0) is 6.42 Å². The molecule has 0 saturated carbocycles.